The molecule has 1 rings (SSSR count). The second kappa shape index (κ2) is 8.98. The van der Waals surface area contributed by atoms with E-state index in [9.17, 15) is 4.79 Å². The number of nitrogens with one attached hydrogen (secondary N) is 1. The van der Waals surface area contributed by atoms with Crippen molar-refractivity contribution in [3.05, 3.63) is 28.8 Å². The zero-order valence-corrected chi connectivity index (χ0v) is 12.7. The molecule has 1 aromatic rings. The van der Waals surface area contributed by atoms with Crippen molar-refractivity contribution in [2.45, 2.75) is 58.8 Å². The summed E-state index contributed by atoms with van der Waals surface area (Å²) in [7, 11) is 0. The number of benzene rings is 1. The third-order valence-electron chi connectivity index (χ3n) is 3.21. The summed E-state index contributed by atoms with van der Waals surface area (Å²) in [6.07, 6.45) is 7.78. The predicted octanol–water partition coefficient (Wildman–Crippen LogP) is 5.34. The Bertz CT molecular complexity index is 404. The molecule has 19 heavy (non-hydrogen) atoms. The summed E-state index contributed by atoms with van der Waals surface area (Å²) in [5, 5.41) is 3.58. The number of aryl methyl sites for hydroxylation is 1. The van der Waals surface area contributed by atoms with E-state index in [2.05, 4.69) is 12.2 Å². The van der Waals surface area contributed by atoms with Crippen molar-refractivity contribution >= 4 is 23.2 Å². The van der Waals surface area contributed by atoms with Crippen LogP contribution in [-0.4, -0.2) is 5.91 Å². The minimum absolute atomic E-state index is 0.0791. The normalized spacial score (nSPS) is 10.5. The Labute approximate surface area is 121 Å². The molecule has 0 saturated heterocycles. The molecule has 1 N–H and O–H groups in total. The lowest BCUT2D eigenvalue weighted by molar-refractivity contribution is -0.116. The molecule has 0 unspecified atom stereocenters. The Morgan fingerprint density at radius 3 is 2.53 bits per heavy atom. The number of amides is 1. The summed E-state index contributed by atoms with van der Waals surface area (Å²) < 4.78 is 0. The predicted molar refractivity (Wildman–Crippen MR) is 82.8 cm³/mol. The van der Waals surface area contributed by atoms with Gasteiger partial charge in [-0.2, -0.15) is 0 Å². The van der Waals surface area contributed by atoms with Crippen molar-refractivity contribution in [2.75, 3.05) is 5.32 Å². The van der Waals surface area contributed by atoms with E-state index in [0.29, 0.717) is 11.4 Å². The molecule has 0 aliphatic heterocycles. The number of hydrogen-bond donors (Lipinski definition) is 1. The van der Waals surface area contributed by atoms with Gasteiger partial charge in [0, 0.05) is 17.1 Å². The molecule has 1 amide bonds. The van der Waals surface area contributed by atoms with Crippen LogP contribution in [0.2, 0.25) is 5.02 Å². The van der Waals surface area contributed by atoms with E-state index in [0.717, 1.165) is 24.1 Å². The van der Waals surface area contributed by atoms with Gasteiger partial charge in [-0.05, 0) is 31.0 Å². The van der Waals surface area contributed by atoms with Gasteiger partial charge in [-0.1, -0.05) is 56.7 Å². The second-order valence-electron chi connectivity index (χ2n) is 5.03. The zero-order chi connectivity index (χ0) is 14.1. The fourth-order valence-corrected chi connectivity index (χ4v) is 2.14. The maximum atomic E-state index is 11.7. The average Bonchev–Trinajstić information content (AvgIpc) is 2.38. The smallest absolute Gasteiger partial charge is 0.224 e. The summed E-state index contributed by atoms with van der Waals surface area (Å²) in [6, 6.07) is 5.61. The van der Waals surface area contributed by atoms with Gasteiger partial charge in [0.25, 0.3) is 0 Å². The molecule has 106 valence electrons. The average molecular weight is 282 g/mol. The number of anilines is 1. The summed E-state index contributed by atoms with van der Waals surface area (Å²) in [5.41, 5.74) is 1.81. The van der Waals surface area contributed by atoms with E-state index in [-0.39, 0.29) is 5.91 Å². The van der Waals surface area contributed by atoms with Gasteiger partial charge in [-0.15, -0.1) is 0 Å². The standard InChI is InChI=1S/C16H24ClNO/c1-3-4-5-6-7-8-9-16(19)18-14-11-10-13(2)15(17)12-14/h10-12H,3-9H2,1-2H3,(H,18,19). The van der Waals surface area contributed by atoms with Crippen molar-refractivity contribution < 1.29 is 4.79 Å². The van der Waals surface area contributed by atoms with Crippen molar-refractivity contribution in [3.8, 4) is 0 Å². The van der Waals surface area contributed by atoms with Gasteiger partial charge in [0.2, 0.25) is 5.91 Å². The molecule has 0 fully saturated rings. The first-order valence-corrected chi connectivity index (χ1v) is 7.57. The van der Waals surface area contributed by atoms with Crippen LogP contribution in [0.3, 0.4) is 0 Å². The van der Waals surface area contributed by atoms with Gasteiger partial charge in [-0.3, -0.25) is 4.79 Å². The van der Waals surface area contributed by atoms with Gasteiger partial charge >= 0.3 is 0 Å². The van der Waals surface area contributed by atoms with E-state index >= 15 is 0 Å². The molecular weight excluding hydrogens is 258 g/mol. The Hall–Kier alpha value is -1.02. The van der Waals surface area contributed by atoms with Crippen molar-refractivity contribution in [1.82, 2.24) is 0 Å². The van der Waals surface area contributed by atoms with Crippen molar-refractivity contribution in [1.29, 1.82) is 0 Å². The summed E-state index contributed by atoms with van der Waals surface area (Å²) in [5.74, 6) is 0.0791. The highest BCUT2D eigenvalue weighted by atomic mass is 35.5. The lowest BCUT2D eigenvalue weighted by atomic mass is 10.1. The Kier molecular flexibility index (Phi) is 7.57. The molecule has 0 saturated carbocycles. The minimum Gasteiger partial charge on any atom is -0.326 e. The number of rotatable bonds is 8. The van der Waals surface area contributed by atoms with Crippen molar-refractivity contribution in [2.24, 2.45) is 0 Å². The van der Waals surface area contributed by atoms with E-state index < -0.39 is 0 Å². The van der Waals surface area contributed by atoms with Gasteiger partial charge < -0.3 is 5.32 Å². The first-order valence-electron chi connectivity index (χ1n) is 7.19. The van der Waals surface area contributed by atoms with Gasteiger partial charge in [-0.25, -0.2) is 0 Å². The van der Waals surface area contributed by atoms with Crippen LogP contribution in [0, 0.1) is 6.92 Å². The maximum Gasteiger partial charge on any atom is 0.224 e. The van der Waals surface area contributed by atoms with Crippen LogP contribution in [0.1, 0.15) is 57.4 Å². The quantitative estimate of drug-likeness (QED) is 0.641. The van der Waals surface area contributed by atoms with Crippen LogP contribution in [0.15, 0.2) is 18.2 Å². The van der Waals surface area contributed by atoms with E-state index in [4.69, 9.17) is 11.6 Å². The maximum absolute atomic E-state index is 11.7. The van der Waals surface area contributed by atoms with E-state index in [1.54, 1.807) is 6.07 Å². The minimum atomic E-state index is 0.0791. The van der Waals surface area contributed by atoms with Gasteiger partial charge in [0.1, 0.15) is 0 Å². The second-order valence-corrected chi connectivity index (χ2v) is 5.44. The Morgan fingerprint density at radius 2 is 1.84 bits per heavy atom. The fraction of sp³-hybridized carbons (Fsp3) is 0.562. The highest BCUT2D eigenvalue weighted by Gasteiger charge is 2.03. The van der Waals surface area contributed by atoms with Gasteiger partial charge in [0.15, 0.2) is 0 Å². The van der Waals surface area contributed by atoms with Crippen LogP contribution >= 0.6 is 11.6 Å². The molecule has 0 bridgehead atoms. The topological polar surface area (TPSA) is 29.1 Å². The lowest BCUT2D eigenvalue weighted by Crippen LogP contribution is -2.11. The number of carbonyl (C=O) groups is 1. The SMILES string of the molecule is CCCCCCCCC(=O)Nc1ccc(C)c(Cl)c1. The highest BCUT2D eigenvalue weighted by molar-refractivity contribution is 6.31. The third kappa shape index (κ3) is 6.63. The van der Waals surface area contributed by atoms with Crippen LogP contribution < -0.4 is 5.32 Å². The number of carbonyl (C=O) groups excluding carboxylic acids is 1. The van der Waals surface area contributed by atoms with Crippen molar-refractivity contribution in [3.63, 3.8) is 0 Å². The van der Waals surface area contributed by atoms with E-state index in [1.807, 2.05) is 19.1 Å². The largest absolute Gasteiger partial charge is 0.326 e. The molecule has 0 aliphatic rings. The van der Waals surface area contributed by atoms with Crippen LogP contribution in [-0.2, 0) is 4.79 Å². The third-order valence-corrected chi connectivity index (χ3v) is 3.62. The molecule has 3 heteroatoms. The fourth-order valence-electron chi connectivity index (χ4n) is 1.96. The first kappa shape index (κ1) is 16.0. The van der Waals surface area contributed by atoms with Gasteiger partial charge in [0.05, 0.1) is 0 Å². The molecule has 0 aromatic heterocycles. The van der Waals surface area contributed by atoms with Crippen LogP contribution in [0.25, 0.3) is 0 Å². The van der Waals surface area contributed by atoms with Crippen LogP contribution in [0.4, 0.5) is 5.69 Å². The Balaban J connectivity index is 2.21. The summed E-state index contributed by atoms with van der Waals surface area (Å²) in [4.78, 5) is 11.7. The Morgan fingerprint density at radius 1 is 1.16 bits per heavy atom. The molecule has 1 aromatic carbocycles. The number of unbranched alkanes of at least 4 members (excludes halogenated alkanes) is 5. The number of halogens is 1. The highest BCUT2D eigenvalue weighted by Crippen LogP contribution is 2.20. The first-order chi connectivity index (χ1) is 9.13. The molecular formula is C16H24ClNO. The molecule has 0 radical (unpaired) electrons. The monoisotopic (exact) mass is 281 g/mol. The lowest BCUT2D eigenvalue weighted by Gasteiger charge is -2.07. The summed E-state index contributed by atoms with van der Waals surface area (Å²) in [6.45, 7) is 4.16. The molecule has 0 spiro atoms. The summed E-state index contributed by atoms with van der Waals surface area (Å²) >= 11 is 6.02. The molecule has 0 atom stereocenters. The molecule has 0 aliphatic carbocycles. The molecule has 0 heterocycles. The number of hydrogen-bond acceptors (Lipinski definition) is 1. The van der Waals surface area contributed by atoms with E-state index in [1.165, 1.54) is 25.7 Å². The molecule has 2 nitrogen and oxygen atoms in total. The van der Waals surface area contributed by atoms with Crippen LogP contribution in [0.5, 0.6) is 0 Å². The zero-order valence-electron chi connectivity index (χ0n) is 12.0.